The Labute approximate surface area is 150 Å². The van der Waals surface area contributed by atoms with Crippen LogP contribution in [0.4, 0.5) is 0 Å². The first-order valence-corrected chi connectivity index (χ1v) is 9.12. The van der Waals surface area contributed by atoms with Gasteiger partial charge in [0.2, 0.25) is 11.8 Å². The van der Waals surface area contributed by atoms with Crippen molar-refractivity contribution in [1.82, 2.24) is 9.80 Å². The molecule has 0 aliphatic heterocycles. The molecule has 0 aromatic heterocycles. The zero-order chi connectivity index (χ0) is 17.9. The summed E-state index contributed by atoms with van der Waals surface area (Å²) in [6, 6.07) is 7.53. The van der Waals surface area contributed by atoms with Gasteiger partial charge in [-0.25, -0.2) is 0 Å². The summed E-state index contributed by atoms with van der Waals surface area (Å²) >= 11 is 6.13. The van der Waals surface area contributed by atoms with E-state index >= 15 is 0 Å². The number of nitrogens with zero attached hydrogens (tertiary/aromatic N) is 2. The third-order valence-electron chi connectivity index (χ3n) is 3.91. The van der Waals surface area contributed by atoms with E-state index in [0.29, 0.717) is 30.8 Å². The van der Waals surface area contributed by atoms with Crippen molar-refractivity contribution in [2.45, 2.75) is 52.5 Å². The molecule has 0 spiro atoms. The Morgan fingerprint density at radius 2 is 1.58 bits per heavy atom. The molecular formula is C19H29ClN2O2. The summed E-state index contributed by atoms with van der Waals surface area (Å²) in [5.74, 6) is 0.195. The molecule has 134 valence electrons. The number of carbonyl (C=O) groups is 2. The number of hydrogen-bond donors (Lipinski definition) is 0. The monoisotopic (exact) mass is 352 g/mol. The highest BCUT2D eigenvalue weighted by atomic mass is 35.5. The third-order valence-corrected chi connectivity index (χ3v) is 4.28. The molecule has 0 aliphatic carbocycles. The molecule has 0 bridgehead atoms. The zero-order valence-electron chi connectivity index (χ0n) is 15.1. The highest BCUT2D eigenvalue weighted by Crippen LogP contribution is 2.17. The second-order valence-electron chi connectivity index (χ2n) is 6.08. The van der Waals surface area contributed by atoms with Crippen molar-refractivity contribution in [3.05, 3.63) is 34.9 Å². The average Bonchev–Trinajstić information content (AvgIpc) is 2.56. The van der Waals surface area contributed by atoms with Crippen molar-refractivity contribution in [2.24, 2.45) is 0 Å². The Balaban J connectivity index is 2.39. The molecule has 0 heterocycles. The van der Waals surface area contributed by atoms with Crippen LogP contribution in [0.3, 0.4) is 0 Å². The summed E-state index contributed by atoms with van der Waals surface area (Å²) in [7, 11) is 1.77. The van der Waals surface area contributed by atoms with Crippen molar-refractivity contribution >= 4 is 23.4 Å². The molecule has 0 fully saturated rings. The van der Waals surface area contributed by atoms with Crippen molar-refractivity contribution in [1.29, 1.82) is 0 Å². The summed E-state index contributed by atoms with van der Waals surface area (Å²) in [5, 5.41) is 0.669. The number of rotatable bonds is 10. The van der Waals surface area contributed by atoms with Gasteiger partial charge in [-0.15, -0.1) is 0 Å². The van der Waals surface area contributed by atoms with Crippen LogP contribution < -0.4 is 0 Å². The molecule has 1 aromatic carbocycles. The topological polar surface area (TPSA) is 40.6 Å². The van der Waals surface area contributed by atoms with Gasteiger partial charge >= 0.3 is 0 Å². The second-order valence-corrected chi connectivity index (χ2v) is 6.48. The minimum Gasteiger partial charge on any atom is -0.343 e. The van der Waals surface area contributed by atoms with Gasteiger partial charge in [-0.05, 0) is 30.9 Å². The summed E-state index contributed by atoms with van der Waals surface area (Å²) in [6.45, 7) is 6.23. The van der Waals surface area contributed by atoms with Crippen LogP contribution in [0.1, 0.15) is 51.5 Å². The van der Waals surface area contributed by atoms with Crippen LogP contribution in [0, 0.1) is 0 Å². The predicted molar refractivity (Wildman–Crippen MR) is 98.9 cm³/mol. The molecular weight excluding hydrogens is 324 g/mol. The average molecular weight is 353 g/mol. The van der Waals surface area contributed by atoms with Crippen molar-refractivity contribution in [3.63, 3.8) is 0 Å². The summed E-state index contributed by atoms with van der Waals surface area (Å²) in [4.78, 5) is 28.0. The zero-order valence-corrected chi connectivity index (χ0v) is 15.8. The molecule has 5 heteroatoms. The molecule has 0 unspecified atom stereocenters. The van der Waals surface area contributed by atoms with Crippen LogP contribution >= 0.6 is 11.6 Å². The van der Waals surface area contributed by atoms with Gasteiger partial charge in [0.25, 0.3) is 0 Å². The first-order chi connectivity index (χ1) is 11.5. The Morgan fingerprint density at radius 3 is 2.17 bits per heavy atom. The number of benzene rings is 1. The minimum atomic E-state index is 0.0419. The molecule has 0 saturated heterocycles. The fourth-order valence-corrected chi connectivity index (χ4v) is 2.81. The molecule has 0 radical (unpaired) electrons. The molecule has 24 heavy (non-hydrogen) atoms. The Hall–Kier alpha value is -1.55. The minimum absolute atomic E-state index is 0.0419. The third kappa shape index (κ3) is 6.91. The van der Waals surface area contributed by atoms with E-state index in [4.69, 9.17) is 11.6 Å². The molecule has 1 aromatic rings. The number of halogens is 1. The molecule has 1 rings (SSSR count). The van der Waals surface area contributed by atoms with Crippen LogP contribution in [0.15, 0.2) is 24.3 Å². The first kappa shape index (κ1) is 20.5. The van der Waals surface area contributed by atoms with Crippen molar-refractivity contribution in [3.8, 4) is 0 Å². The number of hydrogen-bond acceptors (Lipinski definition) is 2. The van der Waals surface area contributed by atoms with E-state index in [1.54, 1.807) is 11.9 Å². The predicted octanol–water partition coefficient (Wildman–Crippen LogP) is 4.12. The van der Waals surface area contributed by atoms with E-state index in [1.165, 1.54) is 0 Å². The number of amides is 2. The van der Waals surface area contributed by atoms with E-state index in [-0.39, 0.29) is 11.8 Å². The summed E-state index contributed by atoms with van der Waals surface area (Å²) in [6.07, 6.45) is 3.34. The van der Waals surface area contributed by atoms with Gasteiger partial charge in [0, 0.05) is 44.5 Å². The molecule has 0 atom stereocenters. The lowest BCUT2D eigenvalue weighted by atomic mass is 10.1. The molecule has 0 aliphatic rings. The van der Waals surface area contributed by atoms with E-state index in [0.717, 1.165) is 31.5 Å². The van der Waals surface area contributed by atoms with E-state index in [9.17, 15) is 9.59 Å². The van der Waals surface area contributed by atoms with Crippen molar-refractivity contribution < 1.29 is 9.59 Å². The maximum atomic E-state index is 12.2. The van der Waals surface area contributed by atoms with Gasteiger partial charge in [0.15, 0.2) is 0 Å². The molecule has 0 N–H and O–H groups in total. The lowest BCUT2D eigenvalue weighted by Gasteiger charge is -2.22. The summed E-state index contributed by atoms with van der Waals surface area (Å²) in [5.41, 5.74) is 0.933. The van der Waals surface area contributed by atoms with E-state index in [1.807, 2.05) is 29.2 Å². The highest BCUT2D eigenvalue weighted by Gasteiger charge is 2.14. The van der Waals surface area contributed by atoms with Gasteiger partial charge in [0.1, 0.15) is 0 Å². The lowest BCUT2D eigenvalue weighted by molar-refractivity contribution is -0.132. The largest absolute Gasteiger partial charge is 0.343 e. The van der Waals surface area contributed by atoms with Gasteiger partial charge in [-0.2, -0.15) is 0 Å². The van der Waals surface area contributed by atoms with Gasteiger partial charge < -0.3 is 9.80 Å². The smallest absolute Gasteiger partial charge is 0.222 e. The Bertz CT molecular complexity index is 528. The maximum Gasteiger partial charge on any atom is 0.222 e. The lowest BCUT2D eigenvalue weighted by Crippen LogP contribution is -2.32. The molecule has 0 saturated carbocycles. The molecule has 2 amide bonds. The Kier molecular flexibility index (Phi) is 9.46. The summed E-state index contributed by atoms with van der Waals surface area (Å²) < 4.78 is 0. The normalized spacial score (nSPS) is 10.5. The maximum absolute atomic E-state index is 12.2. The van der Waals surface area contributed by atoms with E-state index < -0.39 is 0 Å². The standard InChI is InChI=1S/C19H29ClN2O2/c1-4-13-22(14-5-2)19(24)12-8-11-18(23)21(3)15-16-9-6-7-10-17(16)20/h6-7,9-10H,4-5,8,11-15H2,1-3H3. The van der Waals surface area contributed by atoms with Crippen LogP contribution in [-0.2, 0) is 16.1 Å². The van der Waals surface area contributed by atoms with Gasteiger partial charge in [-0.3, -0.25) is 9.59 Å². The van der Waals surface area contributed by atoms with Gasteiger partial charge in [-0.1, -0.05) is 43.6 Å². The fraction of sp³-hybridized carbons (Fsp3) is 0.579. The fourth-order valence-electron chi connectivity index (χ4n) is 2.61. The van der Waals surface area contributed by atoms with Crippen LogP contribution in [0.5, 0.6) is 0 Å². The van der Waals surface area contributed by atoms with Crippen LogP contribution in [0.2, 0.25) is 5.02 Å². The van der Waals surface area contributed by atoms with Crippen molar-refractivity contribution in [2.75, 3.05) is 20.1 Å². The number of carbonyl (C=O) groups excluding carboxylic acids is 2. The molecule has 4 nitrogen and oxygen atoms in total. The highest BCUT2D eigenvalue weighted by molar-refractivity contribution is 6.31. The van der Waals surface area contributed by atoms with E-state index in [2.05, 4.69) is 13.8 Å². The second kappa shape index (κ2) is 11.1. The van der Waals surface area contributed by atoms with Crippen LogP contribution in [0.25, 0.3) is 0 Å². The van der Waals surface area contributed by atoms with Crippen LogP contribution in [-0.4, -0.2) is 41.8 Å². The SMILES string of the molecule is CCCN(CCC)C(=O)CCCC(=O)N(C)Cc1ccccc1Cl. The quantitative estimate of drug-likeness (QED) is 0.635. The Morgan fingerprint density at radius 1 is 1.00 bits per heavy atom. The first-order valence-electron chi connectivity index (χ1n) is 8.74. The van der Waals surface area contributed by atoms with Gasteiger partial charge in [0.05, 0.1) is 0 Å².